The van der Waals surface area contributed by atoms with Gasteiger partial charge in [0.25, 0.3) is 0 Å². The number of fused-ring (bicyclic) bond motifs is 1. The highest BCUT2D eigenvalue weighted by Crippen LogP contribution is 2.51. The molecule has 0 bridgehead atoms. The molecule has 0 aromatic rings. The molecule has 3 atom stereocenters. The molecule has 0 aromatic heterocycles. The topological polar surface area (TPSA) is 20.2 Å². The van der Waals surface area contributed by atoms with Crippen molar-refractivity contribution < 1.29 is 5.11 Å². The van der Waals surface area contributed by atoms with Crippen LogP contribution in [0.15, 0.2) is 11.1 Å². The number of hydrogen-bond acceptors (Lipinski definition) is 1. The summed E-state index contributed by atoms with van der Waals surface area (Å²) in [7, 11) is 0. The van der Waals surface area contributed by atoms with Crippen LogP contribution in [0.1, 0.15) is 33.1 Å². The smallest absolute Gasteiger partial charge is 0.0761 e. The van der Waals surface area contributed by atoms with Crippen molar-refractivity contribution in [2.24, 2.45) is 11.8 Å². The molecule has 3 unspecified atom stereocenters. The van der Waals surface area contributed by atoms with Crippen LogP contribution in [-0.2, 0) is 0 Å². The molecule has 1 fully saturated rings. The molecule has 62 valence electrons. The second-order valence-corrected chi connectivity index (χ2v) is 3.95. The van der Waals surface area contributed by atoms with Crippen LogP contribution in [0.25, 0.3) is 0 Å². The Balaban J connectivity index is 2.03. The zero-order chi connectivity index (χ0) is 8.01. The number of hydrogen-bond donors (Lipinski definition) is 1. The summed E-state index contributed by atoms with van der Waals surface area (Å²) in [6.07, 6.45) is 3.47. The maximum Gasteiger partial charge on any atom is 0.0761 e. The molecule has 2 rings (SSSR count). The first-order valence-electron chi connectivity index (χ1n) is 4.62. The van der Waals surface area contributed by atoms with Crippen LogP contribution in [0.2, 0.25) is 0 Å². The zero-order valence-corrected chi connectivity index (χ0v) is 7.30. The summed E-state index contributed by atoms with van der Waals surface area (Å²) in [5, 5.41) is 9.63. The second-order valence-electron chi connectivity index (χ2n) is 3.95. The van der Waals surface area contributed by atoms with Gasteiger partial charge >= 0.3 is 0 Å². The quantitative estimate of drug-likeness (QED) is 0.570. The number of rotatable bonds is 1. The highest BCUT2D eigenvalue weighted by molar-refractivity contribution is 5.43. The van der Waals surface area contributed by atoms with Gasteiger partial charge in [-0.15, -0.1) is 0 Å². The summed E-state index contributed by atoms with van der Waals surface area (Å²) >= 11 is 0. The minimum Gasteiger partial charge on any atom is -0.389 e. The van der Waals surface area contributed by atoms with E-state index in [1.54, 1.807) is 0 Å². The van der Waals surface area contributed by atoms with E-state index >= 15 is 0 Å². The minimum absolute atomic E-state index is 0.0845. The van der Waals surface area contributed by atoms with Crippen molar-refractivity contribution in [3.8, 4) is 0 Å². The molecule has 0 aliphatic heterocycles. The standard InChI is InChI=1S/C10H16O/c1-3-7-4-8-6(2)10(8)9(11)5-7/h7-9,11H,3-5H2,1-2H3. The largest absolute Gasteiger partial charge is 0.389 e. The van der Waals surface area contributed by atoms with Crippen molar-refractivity contribution in [2.45, 2.75) is 39.2 Å². The van der Waals surface area contributed by atoms with Crippen LogP contribution in [0.3, 0.4) is 0 Å². The first kappa shape index (κ1) is 7.35. The molecule has 0 aromatic carbocycles. The molecule has 0 saturated heterocycles. The van der Waals surface area contributed by atoms with Gasteiger partial charge in [-0.2, -0.15) is 0 Å². The Labute approximate surface area is 68.1 Å². The van der Waals surface area contributed by atoms with Crippen molar-refractivity contribution in [2.75, 3.05) is 0 Å². The maximum absolute atomic E-state index is 9.63. The Kier molecular flexibility index (Phi) is 1.57. The van der Waals surface area contributed by atoms with Crippen molar-refractivity contribution >= 4 is 0 Å². The van der Waals surface area contributed by atoms with Crippen molar-refractivity contribution in [3.63, 3.8) is 0 Å². The molecule has 2 aliphatic rings. The Morgan fingerprint density at radius 2 is 2.18 bits per heavy atom. The molecule has 0 radical (unpaired) electrons. The van der Waals surface area contributed by atoms with Gasteiger partial charge in [-0.25, -0.2) is 0 Å². The maximum atomic E-state index is 9.63. The summed E-state index contributed by atoms with van der Waals surface area (Å²) < 4.78 is 0. The Morgan fingerprint density at radius 3 is 2.73 bits per heavy atom. The SMILES string of the molecule is CCC1CC(O)C2=C(C)C2C1. The molecule has 0 heterocycles. The van der Waals surface area contributed by atoms with E-state index in [9.17, 15) is 5.11 Å². The molecule has 2 aliphatic carbocycles. The van der Waals surface area contributed by atoms with E-state index in [-0.39, 0.29) is 6.10 Å². The van der Waals surface area contributed by atoms with Crippen molar-refractivity contribution in [1.29, 1.82) is 0 Å². The van der Waals surface area contributed by atoms with Crippen LogP contribution in [0.5, 0.6) is 0 Å². The van der Waals surface area contributed by atoms with Gasteiger partial charge in [0.15, 0.2) is 0 Å². The molecule has 0 amide bonds. The fraction of sp³-hybridized carbons (Fsp3) is 0.800. The van der Waals surface area contributed by atoms with Crippen LogP contribution in [-0.4, -0.2) is 11.2 Å². The summed E-state index contributed by atoms with van der Waals surface area (Å²) in [5.74, 6) is 1.49. The third-order valence-corrected chi connectivity index (χ3v) is 3.33. The van der Waals surface area contributed by atoms with Crippen LogP contribution < -0.4 is 0 Å². The lowest BCUT2D eigenvalue weighted by Gasteiger charge is -2.23. The third kappa shape index (κ3) is 1.02. The Morgan fingerprint density at radius 1 is 1.45 bits per heavy atom. The van der Waals surface area contributed by atoms with E-state index in [0.717, 1.165) is 12.3 Å². The lowest BCUT2D eigenvalue weighted by molar-refractivity contribution is 0.150. The fourth-order valence-electron chi connectivity index (χ4n) is 2.42. The van der Waals surface area contributed by atoms with Gasteiger partial charge in [0.1, 0.15) is 0 Å². The normalized spacial score (nSPS) is 42.3. The summed E-state index contributed by atoms with van der Waals surface area (Å²) in [4.78, 5) is 0. The van der Waals surface area contributed by atoms with E-state index < -0.39 is 0 Å². The lowest BCUT2D eigenvalue weighted by atomic mass is 9.85. The fourth-order valence-corrected chi connectivity index (χ4v) is 2.42. The van der Waals surface area contributed by atoms with Gasteiger partial charge in [-0.05, 0) is 31.3 Å². The molecule has 1 nitrogen and oxygen atoms in total. The lowest BCUT2D eigenvalue weighted by Crippen LogP contribution is -2.19. The minimum atomic E-state index is -0.0845. The van der Waals surface area contributed by atoms with Gasteiger partial charge in [0, 0.05) is 5.92 Å². The highest BCUT2D eigenvalue weighted by atomic mass is 16.3. The monoisotopic (exact) mass is 152 g/mol. The molecule has 1 N–H and O–H groups in total. The average molecular weight is 152 g/mol. The highest BCUT2D eigenvalue weighted by Gasteiger charge is 2.42. The van der Waals surface area contributed by atoms with Crippen molar-refractivity contribution in [3.05, 3.63) is 11.1 Å². The number of allylic oxidation sites excluding steroid dienone is 1. The predicted octanol–water partition coefficient (Wildman–Crippen LogP) is 2.11. The summed E-state index contributed by atoms with van der Waals surface area (Å²) in [5.41, 5.74) is 2.85. The third-order valence-electron chi connectivity index (χ3n) is 3.33. The predicted molar refractivity (Wildman–Crippen MR) is 45.2 cm³/mol. The van der Waals surface area contributed by atoms with Crippen LogP contribution >= 0.6 is 0 Å². The van der Waals surface area contributed by atoms with E-state index in [1.165, 1.54) is 24.0 Å². The number of aliphatic hydroxyl groups excluding tert-OH is 1. The number of aliphatic hydroxyl groups is 1. The molecule has 1 heteroatoms. The molecule has 11 heavy (non-hydrogen) atoms. The van der Waals surface area contributed by atoms with Gasteiger partial charge in [0.2, 0.25) is 0 Å². The first-order valence-corrected chi connectivity index (χ1v) is 4.62. The molecular formula is C10H16O. The molecule has 0 spiro atoms. The van der Waals surface area contributed by atoms with E-state index in [0.29, 0.717) is 5.92 Å². The first-order chi connectivity index (χ1) is 5.24. The van der Waals surface area contributed by atoms with Crippen LogP contribution in [0, 0.1) is 11.8 Å². The summed E-state index contributed by atoms with van der Waals surface area (Å²) in [6, 6.07) is 0. The zero-order valence-electron chi connectivity index (χ0n) is 7.30. The second kappa shape index (κ2) is 2.34. The van der Waals surface area contributed by atoms with Gasteiger partial charge in [-0.1, -0.05) is 18.9 Å². The van der Waals surface area contributed by atoms with E-state index in [4.69, 9.17) is 0 Å². The van der Waals surface area contributed by atoms with E-state index in [1.807, 2.05) is 0 Å². The average Bonchev–Trinajstić information content (AvgIpc) is 2.63. The van der Waals surface area contributed by atoms with Gasteiger partial charge < -0.3 is 5.11 Å². The summed E-state index contributed by atoms with van der Waals surface area (Å²) in [6.45, 7) is 4.39. The van der Waals surface area contributed by atoms with Gasteiger partial charge in [-0.3, -0.25) is 0 Å². The van der Waals surface area contributed by atoms with Crippen molar-refractivity contribution in [1.82, 2.24) is 0 Å². The van der Waals surface area contributed by atoms with Gasteiger partial charge in [0.05, 0.1) is 6.10 Å². The Bertz CT molecular complexity index is 205. The van der Waals surface area contributed by atoms with E-state index in [2.05, 4.69) is 13.8 Å². The molecular weight excluding hydrogens is 136 g/mol. The molecule has 1 saturated carbocycles. The van der Waals surface area contributed by atoms with Crippen LogP contribution in [0.4, 0.5) is 0 Å². The Hall–Kier alpha value is -0.300.